The molecule has 0 aromatic heterocycles. The van der Waals surface area contributed by atoms with Crippen molar-refractivity contribution < 1.29 is 9.59 Å². The van der Waals surface area contributed by atoms with Crippen LogP contribution in [-0.2, 0) is 0 Å². The molecule has 2 heteroatoms. The molecule has 94 valence electrons. The van der Waals surface area contributed by atoms with Gasteiger partial charge in [-0.2, -0.15) is 0 Å². The summed E-state index contributed by atoms with van der Waals surface area (Å²) in [7, 11) is 0. The Hall–Kier alpha value is -1.70. The molecule has 0 saturated heterocycles. The summed E-state index contributed by atoms with van der Waals surface area (Å²) in [6.45, 7) is 6.02. The van der Waals surface area contributed by atoms with Crippen molar-refractivity contribution in [3.05, 3.63) is 46.5 Å². The highest BCUT2D eigenvalue weighted by atomic mass is 16.1. The van der Waals surface area contributed by atoms with E-state index < -0.39 is 0 Å². The van der Waals surface area contributed by atoms with Gasteiger partial charge in [0.15, 0.2) is 11.6 Å². The Balaban J connectivity index is 2.40. The van der Waals surface area contributed by atoms with Crippen LogP contribution in [0.2, 0.25) is 0 Å². The monoisotopic (exact) mass is 242 g/mol. The summed E-state index contributed by atoms with van der Waals surface area (Å²) in [4.78, 5) is 24.6. The number of carbonyl (C=O) groups excluding carboxylic acids is 2. The molecule has 1 aliphatic carbocycles. The quantitative estimate of drug-likeness (QED) is 0.807. The minimum atomic E-state index is 0.00366. The molecular formula is C16H18O2. The molecule has 1 aromatic rings. The first-order chi connectivity index (χ1) is 8.52. The summed E-state index contributed by atoms with van der Waals surface area (Å²) in [5.41, 5.74) is 2.44. The van der Waals surface area contributed by atoms with Crippen LogP contribution < -0.4 is 0 Å². The third-order valence-corrected chi connectivity index (χ3v) is 3.46. The first-order valence-corrected chi connectivity index (χ1v) is 6.40. The van der Waals surface area contributed by atoms with Gasteiger partial charge in [0, 0.05) is 22.3 Å². The zero-order chi connectivity index (χ0) is 13.3. The first-order valence-electron chi connectivity index (χ1n) is 6.40. The summed E-state index contributed by atoms with van der Waals surface area (Å²) < 4.78 is 0. The van der Waals surface area contributed by atoms with Crippen LogP contribution in [0.3, 0.4) is 0 Å². The summed E-state index contributed by atoms with van der Waals surface area (Å²) >= 11 is 0. The van der Waals surface area contributed by atoms with E-state index in [4.69, 9.17) is 0 Å². The molecule has 0 saturated carbocycles. The Kier molecular flexibility index (Phi) is 3.46. The topological polar surface area (TPSA) is 34.1 Å². The summed E-state index contributed by atoms with van der Waals surface area (Å²) in [5, 5.41) is 0. The molecule has 0 spiro atoms. The Labute approximate surface area is 108 Å². The predicted octanol–water partition coefficient (Wildman–Crippen LogP) is 3.82. The molecule has 1 aliphatic rings. The third-order valence-electron chi connectivity index (χ3n) is 3.46. The van der Waals surface area contributed by atoms with Gasteiger partial charge in [0.2, 0.25) is 0 Å². The second-order valence-corrected chi connectivity index (χ2v) is 5.24. The molecule has 1 aromatic carbocycles. The molecule has 0 bridgehead atoms. The van der Waals surface area contributed by atoms with Crippen LogP contribution in [0.1, 0.15) is 54.3 Å². The van der Waals surface area contributed by atoms with Crippen molar-refractivity contribution in [1.82, 2.24) is 0 Å². The van der Waals surface area contributed by atoms with Crippen molar-refractivity contribution in [3.8, 4) is 0 Å². The van der Waals surface area contributed by atoms with Gasteiger partial charge in [0.1, 0.15) is 0 Å². The van der Waals surface area contributed by atoms with E-state index in [1.807, 2.05) is 6.07 Å². The average Bonchev–Trinajstić information content (AvgIpc) is 2.36. The number of benzene rings is 1. The van der Waals surface area contributed by atoms with Gasteiger partial charge in [-0.25, -0.2) is 0 Å². The highest BCUT2D eigenvalue weighted by molar-refractivity contribution is 6.26. The molecule has 2 rings (SSSR count). The van der Waals surface area contributed by atoms with Gasteiger partial charge in [-0.3, -0.25) is 9.59 Å². The standard InChI is InChI=1S/C16H18O2/c1-10(2)8-9-12-11(3)15(17)13-6-4-5-7-14(13)16(12)18/h4-7,10H,8-9H2,1-3H3. The first kappa shape index (κ1) is 12.7. The smallest absolute Gasteiger partial charge is 0.190 e. The van der Waals surface area contributed by atoms with Gasteiger partial charge >= 0.3 is 0 Å². The van der Waals surface area contributed by atoms with Crippen molar-refractivity contribution >= 4 is 11.6 Å². The minimum absolute atomic E-state index is 0.00366. The van der Waals surface area contributed by atoms with Crippen molar-refractivity contribution in [2.24, 2.45) is 5.92 Å². The van der Waals surface area contributed by atoms with Gasteiger partial charge in [0.05, 0.1) is 0 Å². The van der Waals surface area contributed by atoms with Crippen LogP contribution in [0.5, 0.6) is 0 Å². The molecule has 0 amide bonds. The Morgan fingerprint density at radius 1 is 1.00 bits per heavy atom. The molecule has 0 unspecified atom stereocenters. The van der Waals surface area contributed by atoms with Gasteiger partial charge < -0.3 is 0 Å². The van der Waals surface area contributed by atoms with Crippen LogP contribution in [0, 0.1) is 5.92 Å². The SMILES string of the molecule is CC1=C(CCC(C)C)C(=O)c2ccccc2C1=O. The average molecular weight is 242 g/mol. The summed E-state index contributed by atoms with van der Waals surface area (Å²) in [6, 6.07) is 7.09. The Bertz CT molecular complexity index is 536. The van der Waals surface area contributed by atoms with Crippen molar-refractivity contribution in [1.29, 1.82) is 0 Å². The van der Waals surface area contributed by atoms with E-state index in [1.54, 1.807) is 25.1 Å². The molecule has 0 heterocycles. The maximum atomic E-state index is 12.4. The lowest BCUT2D eigenvalue weighted by Gasteiger charge is -2.19. The number of rotatable bonds is 3. The van der Waals surface area contributed by atoms with E-state index in [0.717, 1.165) is 6.42 Å². The van der Waals surface area contributed by atoms with Gasteiger partial charge in [0.25, 0.3) is 0 Å². The lowest BCUT2D eigenvalue weighted by atomic mass is 9.82. The second-order valence-electron chi connectivity index (χ2n) is 5.24. The largest absolute Gasteiger partial charge is 0.289 e. The minimum Gasteiger partial charge on any atom is -0.289 e. The number of hydrogen-bond acceptors (Lipinski definition) is 2. The molecule has 0 fully saturated rings. The highest BCUT2D eigenvalue weighted by Gasteiger charge is 2.28. The van der Waals surface area contributed by atoms with E-state index in [1.165, 1.54) is 0 Å². The van der Waals surface area contributed by atoms with Gasteiger partial charge in [-0.1, -0.05) is 38.1 Å². The Morgan fingerprint density at radius 3 is 2.11 bits per heavy atom. The van der Waals surface area contributed by atoms with E-state index in [2.05, 4.69) is 13.8 Å². The normalized spacial score (nSPS) is 15.3. The molecule has 0 N–H and O–H groups in total. The lowest BCUT2D eigenvalue weighted by Crippen LogP contribution is -2.21. The number of Topliss-reactive ketones (excluding diaryl/α,β-unsaturated/α-hetero) is 2. The molecule has 0 atom stereocenters. The molecule has 0 radical (unpaired) electrons. The van der Waals surface area contributed by atoms with Gasteiger partial charge in [-0.05, 0) is 25.7 Å². The summed E-state index contributed by atoms with van der Waals surface area (Å²) in [5.74, 6) is 0.567. The number of hydrogen-bond donors (Lipinski definition) is 0. The third kappa shape index (κ3) is 2.15. The number of allylic oxidation sites excluding steroid dienone is 2. The zero-order valence-corrected chi connectivity index (χ0v) is 11.1. The molecule has 18 heavy (non-hydrogen) atoms. The fourth-order valence-corrected chi connectivity index (χ4v) is 2.29. The van der Waals surface area contributed by atoms with E-state index >= 15 is 0 Å². The summed E-state index contributed by atoms with van der Waals surface area (Å²) in [6.07, 6.45) is 1.64. The Morgan fingerprint density at radius 2 is 1.56 bits per heavy atom. The van der Waals surface area contributed by atoms with Crippen LogP contribution in [0.25, 0.3) is 0 Å². The maximum Gasteiger partial charge on any atom is 0.190 e. The van der Waals surface area contributed by atoms with Crippen LogP contribution >= 0.6 is 0 Å². The zero-order valence-electron chi connectivity index (χ0n) is 11.1. The number of ketones is 2. The van der Waals surface area contributed by atoms with Crippen molar-refractivity contribution in [2.45, 2.75) is 33.6 Å². The fourth-order valence-electron chi connectivity index (χ4n) is 2.29. The lowest BCUT2D eigenvalue weighted by molar-refractivity contribution is 0.0971. The van der Waals surface area contributed by atoms with Crippen LogP contribution in [-0.4, -0.2) is 11.6 Å². The van der Waals surface area contributed by atoms with Crippen LogP contribution in [0.4, 0.5) is 0 Å². The molecule has 2 nitrogen and oxygen atoms in total. The van der Waals surface area contributed by atoms with Crippen molar-refractivity contribution in [2.75, 3.05) is 0 Å². The van der Waals surface area contributed by atoms with E-state index in [-0.39, 0.29) is 11.6 Å². The highest BCUT2D eigenvalue weighted by Crippen LogP contribution is 2.29. The fraction of sp³-hybridized carbons (Fsp3) is 0.375. The van der Waals surface area contributed by atoms with E-state index in [9.17, 15) is 9.59 Å². The molecule has 0 aliphatic heterocycles. The van der Waals surface area contributed by atoms with Crippen LogP contribution in [0.15, 0.2) is 35.4 Å². The second kappa shape index (κ2) is 4.89. The number of carbonyl (C=O) groups is 2. The number of fused-ring (bicyclic) bond motifs is 1. The predicted molar refractivity (Wildman–Crippen MR) is 71.9 cm³/mol. The molecular weight excluding hydrogens is 224 g/mol. The van der Waals surface area contributed by atoms with E-state index in [0.29, 0.717) is 34.6 Å². The van der Waals surface area contributed by atoms with Crippen molar-refractivity contribution in [3.63, 3.8) is 0 Å². The van der Waals surface area contributed by atoms with Gasteiger partial charge in [-0.15, -0.1) is 0 Å². The maximum absolute atomic E-state index is 12.4.